The molecule has 0 aliphatic carbocycles. The number of benzene rings is 2. The van der Waals surface area contributed by atoms with E-state index in [0.29, 0.717) is 37.7 Å². The molecule has 1 heterocycles. The topological polar surface area (TPSA) is 70.7 Å². The Bertz CT molecular complexity index is 855. The van der Waals surface area contributed by atoms with Crippen molar-refractivity contribution in [3.8, 4) is 0 Å². The molecule has 2 aromatic rings. The minimum absolute atomic E-state index is 0.105. The Morgan fingerprint density at radius 3 is 2.21 bits per heavy atom. The predicted molar refractivity (Wildman–Crippen MR) is 115 cm³/mol. The number of thioether (sulfide) groups is 1. The maximum Gasteiger partial charge on any atom is 0.234 e. The number of hydrogen-bond donors (Lipinski definition) is 2. The average Bonchev–Trinajstić information content (AvgIpc) is 2.70. The Morgan fingerprint density at radius 2 is 1.59 bits per heavy atom. The molecule has 0 radical (unpaired) electrons. The van der Waals surface area contributed by atoms with Crippen molar-refractivity contribution in [2.75, 3.05) is 53.3 Å². The van der Waals surface area contributed by atoms with E-state index in [1.54, 1.807) is 12.1 Å². The fourth-order valence-electron chi connectivity index (χ4n) is 2.91. The van der Waals surface area contributed by atoms with Crippen LogP contribution in [0.2, 0.25) is 0 Å². The molecule has 1 saturated heterocycles. The van der Waals surface area contributed by atoms with Crippen LogP contribution in [0.15, 0.2) is 42.5 Å². The molecule has 3 rings (SSSR count). The summed E-state index contributed by atoms with van der Waals surface area (Å²) in [5.74, 6) is -0.571. The number of amides is 2. The summed E-state index contributed by atoms with van der Waals surface area (Å²) in [6, 6.07) is 12.2. The fraction of sp³-hybridized carbons (Fsp3) is 0.333. The Balaban J connectivity index is 1.42. The van der Waals surface area contributed by atoms with Crippen LogP contribution in [0.4, 0.5) is 21.5 Å². The SMILES string of the molecule is Cc1ccc(NC(=O)CSCC(=O)Nc2ccc(N3CCOCC3)c(F)c2)cc1. The summed E-state index contributed by atoms with van der Waals surface area (Å²) in [4.78, 5) is 25.9. The van der Waals surface area contributed by atoms with Crippen LogP contribution < -0.4 is 15.5 Å². The number of aryl methyl sites for hydroxylation is 1. The van der Waals surface area contributed by atoms with Gasteiger partial charge in [-0.1, -0.05) is 17.7 Å². The fourth-order valence-corrected chi connectivity index (χ4v) is 3.53. The Morgan fingerprint density at radius 1 is 1.00 bits per heavy atom. The second-order valence-corrected chi connectivity index (χ2v) is 7.71. The lowest BCUT2D eigenvalue weighted by Crippen LogP contribution is -2.36. The molecule has 0 spiro atoms. The summed E-state index contributed by atoms with van der Waals surface area (Å²) in [5.41, 5.74) is 2.74. The molecule has 6 nitrogen and oxygen atoms in total. The first kappa shape index (κ1) is 21.1. The molecule has 1 aliphatic rings. The highest BCUT2D eigenvalue weighted by molar-refractivity contribution is 8.00. The molecule has 2 aromatic carbocycles. The number of carbonyl (C=O) groups excluding carboxylic acids is 2. The third kappa shape index (κ3) is 6.47. The highest BCUT2D eigenvalue weighted by Crippen LogP contribution is 2.24. The lowest BCUT2D eigenvalue weighted by atomic mass is 10.2. The molecule has 1 aliphatic heterocycles. The van der Waals surface area contributed by atoms with Crippen molar-refractivity contribution in [2.45, 2.75) is 6.92 Å². The number of hydrogen-bond acceptors (Lipinski definition) is 5. The smallest absolute Gasteiger partial charge is 0.234 e. The van der Waals surface area contributed by atoms with Gasteiger partial charge in [-0.05, 0) is 37.3 Å². The van der Waals surface area contributed by atoms with Crippen LogP contribution in [0.3, 0.4) is 0 Å². The van der Waals surface area contributed by atoms with Crippen molar-refractivity contribution in [3.05, 3.63) is 53.8 Å². The molecule has 29 heavy (non-hydrogen) atoms. The lowest BCUT2D eigenvalue weighted by molar-refractivity contribution is -0.114. The number of carbonyl (C=O) groups is 2. The number of ether oxygens (including phenoxy) is 1. The second kappa shape index (κ2) is 10.3. The van der Waals surface area contributed by atoms with Gasteiger partial charge in [-0.3, -0.25) is 9.59 Å². The third-order valence-electron chi connectivity index (χ3n) is 4.38. The molecule has 0 saturated carbocycles. The molecule has 0 bridgehead atoms. The van der Waals surface area contributed by atoms with E-state index in [0.717, 1.165) is 11.3 Å². The summed E-state index contributed by atoms with van der Waals surface area (Å²) in [6.07, 6.45) is 0. The lowest BCUT2D eigenvalue weighted by Gasteiger charge is -2.29. The van der Waals surface area contributed by atoms with Gasteiger partial charge in [-0.25, -0.2) is 4.39 Å². The van der Waals surface area contributed by atoms with Gasteiger partial charge in [-0.2, -0.15) is 0 Å². The van der Waals surface area contributed by atoms with Crippen LogP contribution in [-0.2, 0) is 14.3 Å². The highest BCUT2D eigenvalue weighted by atomic mass is 32.2. The largest absolute Gasteiger partial charge is 0.378 e. The van der Waals surface area contributed by atoms with Gasteiger partial charge in [0.05, 0.1) is 30.4 Å². The van der Waals surface area contributed by atoms with Crippen molar-refractivity contribution in [2.24, 2.45) is 0 Å². The van der Waals surface area contributed by atoms with Crippen molar-refractivity contribution < 1.29 is 18.7 Å². The molecular formula is C21H24FN3O3S. The van der Waals surface area contributed by atoms with Gasteiger partial charge in [0.15, 0.2) is 0 Å². The Labute approximate surface area is 173 Å². The van der Waals surface area contributed by atoms with Crippen molar-refractivity contribution >= 4 is 40.6 Å². The first-order valence-corrected chi connectivity index (χ1v) is 10.5. The van der Waals surface area contributed by atoms with Crippen LogP contribution >= 0.6 is 11.8 Å². The monoisotopic (exact) mass is 417 g/mol. The number of anilines is 3. The number of nitrogens with zero attached hydrogens (tertiary/aromatic N) is 1. The van der Waals surface area contributed by atoms with E-state index >= 15 is 0 Å². The summed E-state index contributed by atoms with van der Waals surface area (Å²) in [7, 11) is 0. The van der Waals surface area contributed by atoms with Crippen LogP contribution in [-0.4, -0.2) is 49.6 Å². The van der Waals surface area contributed by atoms with Crippen LogP contribution in [0.25, 0.3) is 0 Å². The molecule has 154 valence electrons. The molecular weight excluding hydrogens is 393 g/mol. The summed E-state index contributed by atoms with van der Waals surface area (Å²) >= 11 is 1.20. The Kier molecular flexibility index (Phi) is 7.48. The quantitative estimate of drug-likeness (QED) is 0.724. The van der Waals surface area contributed by atoms with E-state index in [4.69, 9.17) is 4.74 Å². The number of halogens is 1. The van der Waals surface area contributed by atoms with E-state index in [2.05, 4.69) is 10.6 Å². The van der Waals surface area contributed by atoms with E-state index in [1.807, 2.05) is 36.1 Å². The maximum atomic E-state index is 14.4. The molecule has 8 heteroatoms. The minimum atomic E-state index is -0.380. The van der Waals surface area contributed by atoms with Gasteiger partial charge in [0.1, 0.15) is 5.82 Å². The zero-order valence-corrected chi connectivity index (χ0v) is 17.1. The van der Waals surface area contributed by atoms with Crippen molar-refractivity contribution in [1.82, 2.24) is 0 Å². The van der Waals surface area contributed by atoms with Crippen LogP contribution in [0.1, 0.15) is 5.56 Å². The summed E-state index contributed by atoms with van der Waals surface area (Å²) in [6.45, 7) is 4.41. The van der Waals surface area contributed by atoms with E-state index < -0.39 is 0 Å². The summed E-state index contributed by atoms with van der Waals surface area (Å²) < 4.78 is 19.7. The average molecular weight is 418 g/mol. The Hall–Kier alpha value is -2.58. The van der Waals surface area contributed by atoms with E-state index in [1.165, 1.54) is 17.8 Å². The number of nitrogens with one attached hydrogen (secondary N) is 2. The molecule has 0 unspecified atom stereocenters. The van der Waals surface area contributed by atoms with E-state index in [9.17, 15) is 14.0 Å². The minimum Gasteiger partial charge on any atom is -0.378 e. The first-order valence-electron chi connectivity index (χ1n) is 9.37. The van der Waals surface area contributed by atoms with Crippen molar-refractivity contribution in [1.29, 1.82) is 0 Å². The van der Waals surface area contributed by atoms with Gasteiger partial charge in [0, 0.05) is 24.5 Å². The van der Waals surface area contributed by atoms with Gasteiger partial charge < -0.3 is 20.3 Å². The molecule has 0 atom stereocenters. The summed E-state index contributed by atoms with van der Waals surface area (Å²) in [5, 5.41) is 5.45. The molecule has 2 amide bonds. The number of morpholine rings is 1. The predicted octanol–water partition coefficient (Wildman–Crippen LogP) is 3.28. The van der Waals surface area contributed by atoms with Gasteiger partial charge in [0.25, 0.3) is 0 Å². The van der Waals surface area contributed by atoms with Crippen LogP contribution in [0, 0.1) is 12.7 Å². The molecule has 1 fully saturated rings. The maximum absolute atomic E-state index is 14.4. The molecule has 0 aromatic heterocycles. The van der Waals surface area contributed by atoms with Gasteiger partial charge in [0.2, 0.25) is 11.8 Å². The van der Waals surface area contributed by atoms with Gasteiger partial charge in [-0.15, -0.1) is 11.8 Å². The van der Waals surface area contributed by atoms with Crippen molar-refractivity contribution in [3.63, 3.8) is 0 Å². The molecule has 2 N–H and O–H groups in total. The highest BCUT2D eigenvalue weighted by Gasteiger charge is 2.16. The standard InChI is InChI=1S/C21H24FN3O3S/c1-15-2-4-16(5-3-15)23-20(26)13-29-14-21(27)24-17-6-7-19(18(22)12-17)25-8-10-28-11-9-25/h2-7,12H,8-11,13-14H2,1H3,(H,23,26)(H,24,27). The van der Waals surface area contributed by atoms with Gasteiger partial charge >= 0.3 is 0 Å². The van der Waals surface area contributed by atoms with Crippen LogP contribution in [0.5, 0.6) is 0 Å². The van der Waals surface area contributed by atoms with E-state index in [-0.39, 0.29) is 29.1 Å². The normalized spacial score (nSPS) is 13.8. The zero-order valence-electron chi connectivity index (χ0n) is 16.2. The zero-order chi connectivity index (χ0) is 20.6. The second-order valence-electron chi connectivity index (χ2n) is 6.72. The third-order valence-corrected chi connectivity index (χ3v) is 5.32. The first-order chi connectivity index (χ1) is 14.0. The number of rotatable bonds is 7.